The average molecular weight is 356 g/mol. The van der Waals surface area contributed by atoms with E-state index < -0.39 is 5.82 Å². The van der Waals surface area contributed by atoms with Crippen LogP contribution in [0.3, 0.4) is 0 Å². The third-order valence-electron chi connectivity index (χ3n) is 3.55. The molecule has 0 bridgehead atoms. The summed E-state index contributed by atoms with van der Waals surface area (Å²) in [5.74, 6) is 1.23. The van der Waals surface area contributed by atoms with Gasteiger partial charge in [-0.15, -0.1) is 15.3 Å². The summed E-state index contributed by atoms with van der Waals surface area (Å²) in [5.41, 5.74) is 1.51. The number of methoxy groups -OCH3 is 1. The zero-order valence-corrected chi connectivity index (χ0v) is 13.9. The number of hydrogen-bond acceptors (Lipinski definition) is 8. The number of nitrogens with zero attached hydrogens (tertiary/aromatic N) is 6. The van der Waals surface area contributed by atoms with Crippen LogP contribution in [0.2, 0.25) is 0 Å². The van der Waals surface area contributed by atoms with Gasteiger partial charge in [0, 0.05) is 12.1 Å². The maximum atomic E-state index is 12.9. The molecule has 0 aromatic carbocycles. The Morgan fingerprint density at radius 3 is 2.81 bits per heavy atom. The van der Waals surface area contributed by atoms with Crippen LogP contribution < -0.4 is 9.47 Å². The van der Waals surface area contributed by atoms with Gasteiger partial charge in [0.15, 0.2) is 17.1 Å². The lowest BCUT2D eigenvalue weighted by Crippen LogP contribution is -2.05. The highest BCUT2D eigenvalue weighted by Crippen LogP contribution is 2.28. The highest BCUT2D eigenvalue weighted by molar-refractivity contribution is 5.56. The first-order valence-corrected chi connectivity index (χ1v) is 7.61. The van der Waals surface area contributed by atoms with Gasteiger partial charge in [-0.25, -0.2) is 4.39 Å². The smallest absolute Gasteiger partial charge is 0.275 e. The number of pyridine rings is 1. The molecule has 0 aliphatic rings. The molecule has 0 atom stereocenters. The van der Waals surface area contributed by atoms with Crippen LogP contribution >= 0.6 is 0 Å². The third-order valence-corrected chi connectivity index (χ3v) is 3.55. The Bertz CT molecular complexity index is 1060. The van der Waals surface area contributed by atoms with E-state index in [9.17, 15) is 4.39 Å². The van der Waals surface area contributed by atoms with Gasteiger partial charge in [0.25, 0.3) is 5.88 Å². The molecule has 4 aromatic rings. The summed E-state index contributed by atoms with van der Waals surface area (Å²) in [4.78, 5) is 3.95. The van der Waals surface area contributed by atoms with Gasteiger partial charge in [0.2, 0.25) is 5.82 Å². The molecule has 0 unspecified atom stereocenters. The molecule has 4 aromatic heterocycles. The van der Waals surface area contributed by atoms with Crippen LogP contribution in [0.15, 0.2) is 35.0 Å². The second-order valence-electron chi connectivity index (χ2n) is 5.39. The maximum absolute atomic E-state index is 12.9. The van der Waals surface area contributed by atoms with Gasteiger partial charge in [0.05, 0.1) is 19.0 Å². The molecule has 0 spiro atoms. The van der Waals surface area contributed by atoms with Gasteiger partial charge in [-0.05, 0) is 19.1 Å². The van der Waals surface area contributed by atoms with Crippen LogP contribution in [-0.2, 0) is 6.61 Å². The van der Waals surface area contributed by atoms with Crippen LogP contribution in [0.5, 0.6) is 11.6 Å². The van der Waals surface area contributed by atoms with Crippen molar-refractivity contribution in [2.75, 3.05) is 7.11 Å². The standard InChI is InChI=1S/C16H13FN6O3/c1-9-5-12(22-26-9)15-20-19-14-6-13(24-2)16(21-23(14)15)25-8-11-4-3-10(17)7-18-11/h3-7H,8H2,1-2H3. The van der Waals surface area contributed by atoms with E-state index in [4.69, 9.17) is 14.0 Å². The first kappa shape index (κ1) is 15.9. The van der Waals surface area contributed by atoms with E-state index in [1.54, 1.807) is 19.1 Å². The Morgan fingerprint density at radius 1 is 1.23 bits per heavy atom. The van der Waals surface area contributed by atoms with Gasteiger partial charge < -0.3 is 14.0 Å². The van der Waals surface area contributed by atoms with Crippen molar-refractivity contribution < 1.29 is 18.4 Å². The number of ether oxygens (including phenoxy) is 2. The molecule has 9 nitrogen and oxygen atoms in total. The van der Waals surface area contributed by atoms with Gasteiger partial charge in [-0.1, -0.05) is 5.16 Å². The van der Waals surface area contributed by atoms with Crippen molar-refractivity contribution >= 4 is 5.65 Å². The summed E-state index contributed by atoms with van der Waals surface area (Å²) in [5, 5.41) is 16.5. The fourth-order valence-electron chi connectivity index (χ4n) is 2.31. The molecule has 0 aliphatic heterocycles. The summed E-state index contributed by atoms with van der Waals surface area (Å²) in [6.07, 6.45) is 1.12. The summed E-state index contributed by atoms with van der Waals surface area (Å²) < 4.78 is 30.5. The second kappa shape index (κ2) is 6.39. The number of fused-ring (bicyclic) bond motifs is 1. The normalized spacial score (nSPS) is 11.0. The quantitative estimate of drug-likeness (QED) is 0.536. The van der Waals surface area contributed by atoms with Crippen LogP contribution in [0.25, 0.3) is 17.2 Å². The minimum absolute atomic E-state index is 0.0929. The zero-order chi connectivity index (χ0) is 18.1. The number of aryl methyl sites for hydroxylation is 1. The average Bonchev–Trinajstić information content (AvgIpc) is 3.25. The molecule has 0 aliphatic carbocycles. The Balaban J connectivity index is 1.69. The van der Waals surface area contributed by atoms with Crippen molar-refractivity contribution in [2.45, 2.75) is 13.5 Å². The molecule has 0 amide bonds. The molecule has 10 heteroatoms. The first-order chi connectivity index (χ1) is 12.6. The molecule has 0 fully saturated rings. The number of halogens is 1. The predicted molar refractivity (Wildman–Crippen MR) is 86.1 cm³/mol. The highest BCUT2D eigenvalue weighted by atomic mass is 19.1. The SMILES string of the molecule is COc1cc2nnc(-c3cc(C)on3)n2nc1OCc1ccc(F)cn1. The molecule has 0 radical (unpaired) electrons. The fraction of sp³-hybridized carbons (Fsp3) is 0.188. The molecule has 132 valence electrons. The second-order valence-corrected chi connectivity index (χ2v) is 5.39. The number of aromatic nitrogens is 6. The number of rotatable bonds is 5. The third kappa shape index (κ3) is 2.92. The molecular formula is C16H13FN6O3. The van der Waals surface area contributed by atoms with E-state index in [2.05, 4.69) is 25.4 Å². The fourth-order valence-corrected chi connectivity index (χ4v) is 2.31. The molecule has 4 rings (SSSR count). The minimum atomic E-state index is -0.414. The monoisotopic (exact) mass is 356 g/mol. The predicted octanol–water partition coefficient (Wildman–Crippen LogP) is 2.21. The van der Waals surface area contributed by atoms with E-state index in [0.717, 1.165) is 6.20 Å². The summed E-state index contributed by atoms with van der Waals surface area (Å²) in [6, 6.07) is 6.21. The largest absolute Gasteiger partial charge is 0.491 e. The topological polar surface area (TPSA) is 100 Å². The van der Waals surface area contributed by atoms with Crippen LogP contribution in [0.1, 0.15) is 11.5 Å². The van der Waals surface area contributed by atoms with Crippen LogP contribution in [-0.4, -0.2) is 37.1 Å². The molecular weight excluding hydrogens is 343 g/mol. The van der Waals surface area contributed by atoms with Crippen molar-refractivity contribution in [3.63, 3.8) is 0 Å². The van der Waals surface area contributed by atoms with Gasteiger partial charge in [-0.2, -0.15) is 4.52 Å². The van der Waals surface area contributed by atoms with Gasteiger partial charge in [0.1, 0.15) is 18.2 Å². The van der Waals surface area contributed by atoms with Gasteiger partial charge >= 0.3 is 0 Å². The lowest BCUT2D eigenvalue weighted by molar-refractivity contribution is 0.264. The van der Waals surface area contributed by atoms with E-state index >= 15 is 0 Å². The highest BCUT2D eigenvalue weighted by Gasteiger charge is 2.17. The van der Waals surface area contributed by atoms with E-state index in [1.165, 1.54) is 23.8 Å². The molecule has 26 heavy (non-hydrogen) atoms. The van der Waals surface area contributed by atoms with Gasteiger partial charge in [-0.3, -0.25) is 4.98 Å². The van der Waals surface area contributed by atoms with E-state index in [0.29, 0.717) is 34.4 Å². The van der Waals surface area contributed by atoms with Crippen molar-refractivity contribution in [1.29, 1.82) is 0 Å². The Labute approximate surface area is 146 Å². The lowest BCUT2D eigenvalue weighted by atomic mass is 10.3. The van der Waals surface area contributed by atoms with Crippen LogP contribution in [0.4, 0.5) is 4.39 Å². The molecule has 0 saturated heterocycles. The zero-order valence-electron chi connectivity index (χ0n) is 13.9. The molecule has 4 heterocycles. The van der Waals surface area contributed by atoms with Crippen molar-refractivity contribution in [2.24, 2.45) is 0 Å². The number of hydrogen-bond donors (Lipinski definition) is 0. The summed E-state index contributed by atoms with van der Waals surface area (Å²) >= 11 is 0. The molecule has 0 saturated carbocycles. The van der Waals surface area contributed by atoms with Crippen molar-refractivity contribution in [3.8, 4) is 23.1 Å². The van der Waals surface area contributed by atoms with Crippen molar-refractivity contribution in [3.05, 3.63) is 47.7 Å². The van der Waals surface area contributed by atoms with Crippen LogP contribution in [0, 0.1) is 12.7 Å². The van der Waals surface area contributed by atoms with Crippen molar-refractivity contribution in [1.82, 2.24) is 30.0 Å². The molecule has 0 N–H and O–H groups in total. The summed E-state index contributed by atoms with van der Waals surface area (Å²) in [6.45, 7) is 1.87. The summed E-state index contributed by atoms with van der Waals surface area (Å²) in [7, 11) is 1.49. The lowest BCUT2D eigenvalue weighted by Gasteiger charge is -2.09. The van der Waals surface area contributed by atoms with E-state index in [1.807, 2.05) is 0 Å². The first-order valence-electron chi connectivity index (χ1n) is 7.61. The van der Waals surface area contributed by atoms with E-state index in [-0.39, 0.29) is 12.5 Å². The Morgan fingerprint density at radius 2 is 2.12 bits per heavy atom. The minimum Gasteiger partial charge on any atom is -0.491 e. The Kier molecular flexibility index (Phi) is 3.92. The maximum Gasteiger partial charge on any atom is 0.275 e. The Hall–Kier alpha value is -3.56.